The maximum Gasteiger partial charge on any atom is 0.164 e. The zero-order valence-corrected chi connectivity index (χ0v) is 12.6. The molecular formula is C14H18ClFN4. The quantitative estimate of drug-likeness (QED) is 0.943. The van der Waals surface area contributed by atoms with Gasteiger partial charge < -0.3 is 5.32 Å². The van der Waals surface area contributed by atoms with E-state index in [1.165, 1.54) is 6.07 Å². The van der Waals surface area contributed by atoms with E-state index in [0.717, 1.165) is 11.4 Å². The van der Waals surface area contributed by atoms with Gasteiger partial charge in [-0.2, -0.15) is 5.10 Å². The molecule has 1 N–H and O–H groups in total. The highest BCUT2D eigenvalue weighted by atomic mass is 35.5. The zero-order valence-electron chi connectivity index (χ0n) is 11.8. The molecule has 6 heteroatoms. The lowest BCUT2D eigenvalue weighted by atomic mass is 10.1. The Bertz CT molecular complexity index is 589. The average Bonchev–Trinajstić information content (AvgIpc) is 2.78. The average molecular weight is 297 g/mol. The van der Waals surface area contributed by atoms with Crippen molar-refractivity contribution in [2.24, 2.45) is 0 Å². The van der Waals surface area contributed by atoms with Crippen molar-refractivity contribution in [1.29, 1.82) is 0 Å². The minimum absolute atomic E-state index is 0.0238. The molecule has 4 nitrogen and oxygen atoms in total. The molecule has 0 unspecified atom stereocenters. The third-order valence-electron chi connectivity index (χ3n) is 2.69. The fraction of sp³-hybridized carbons (Fsp3) is 0.429. The van der Waals surface area contributed by atoms with E-state index in [-0.39, 0.29) is 10.6 Å². The van der Waals surface area contributed by atoms with Gasteiger partial charge in [0.15, 0.2) is 5.82 Å². The summed E-state index contributed by atoms with van der Waals surface area (Å²) < 4.78 is 14.8. The first-order valence-corrected chi connectivity index (χ1v) is 6.78. The van der Waals surface area contributed by atoms with Gasteiger partial charge in [0.2, 0.25) is 0 Å². The number of rotatable bonds is 4. The van der Waals surface area contributed by atoms with Crippen LogP contribution in [0, 0.1) is 5.82 Å². The molecule has 2 aromatic rings. The maximum atomic E-state index is 13.1. The Hall–Kier alpha value is -1.46. The number of nitrogens with zero attached hydrogens (tertiary/aromatic N) is 3. The van der Waals surface area contributed by atoms with Gasteiger partial charge in [0, 0.05) is 5.54 Å². The summed E-state index contributed by atoms with van der Waals surface area (Å²) in [7, 11) is 0. The topological polar surface area (TPSA) is 42.7 Å². The number of benzene rings is 1. The predicted molar refractivity (Wildman–Crippen MR) is 77.1 cm³/mol. The van der Waals surface area contributed by atoms with Crippen molar-refractivity contribution in [2.75, 3.05) is 0 Å². The molecule has 0 fully saturated rings. The monoisotopic (exact) mass is 296 g/mol. The first-order chi connectivity index (χ1) is 9.33. The van der Waals surface area contributed by atoms with Gasteiger partial charge >= 0.3 is 0 Å². The number of aromatic nitrogens is 3. The zero-order chi connectivity index (χ0) is 14.8. The van der Waals surface area contributed by atoms with Crippen LogP contribution in [0.5, 0.6) is 0 Å². The molecule has 0 radical (unpaired) electrons. The summed E-state index contributed by atoms with van der Waals surface area (Å²) >= 11 is 5.75. The molecule has 108 valence electrons. The van der Waals surface area contributed by atoms with Crippen LogP contribution in [0.25, 0.3) is 0 Å². The SMILES string of the molecule is CC(C)(C)NCc1ncn(Cc2ccc(F)c(Cl)c2)n1. The van der Waals surface area contributed by atoms with Crippen molar-refractivity contribution < 1.29 is 4.39 Å². The Morgan fingerprint density at radius 2 is 2.10 bits per heavy atom. The Morgan fingerprint density at radius 3 is 2.75 bits per heavy atom. The molecule has 1 heterocycles. The third kappa shape index (κ3) is 4.28. The van der Waals surface area contributed by atoms with Crippen LogP contribution < -0.4 is 5.32 Å². The van der Waals surface area contributed by atoms with Gasteiger partial charge in [-0.25, -0.2) is 14.1 Å². The van der Waals surface area contributed by atoms with Crippen molar-refractivity contribution in [3.63, 3.8) is 0 Å². The smallest absolute Gasteiger partial charge is 0.164 e. The van der Waals surface area contributed by atoms with Gasteiger partial charge in [-0.3, -0.25) is 0 Å². The lowest BCUT2D eigenvalue weighted by molar-refractivity contribution is 0.417. The second kappa shape index (κ2) is 5.89. The van der Waals surface area contributed by atoms with Crippen molar-refractivity contribution in [1.82, 2.24) is 20.1 Å². The first kappa shape index (κ1) is 14.9. The standard InChI is InChI=1S/C14H18ClFN4/c1-14(2,3)18-7-13-17-9-20(19-13)8-10-4-5-12(16)11(15)6-10/h4-6,9,18H,7-8H2,1-3H3. The highest BCUT2D eigenvalue weighted by Crippen LogP contribution is 2.16. The fourth-order valence-corrected chi connectivity index (χ4v) is 1.86. The van der Waals surface area contributed by atoms with Crippen molar-refractivity contribution in [3.05, 3.63) is 46.8 Å². The molecule has 0 aliphatic rings. The molecule has 0 atom stereocenters. The number of nitrogens with one attached hydrogen (secondary N) is 1. The summed E-state index contributed by atoms with van der Waals surface area (Å²) in [4.78, 5) is 4.24. The molecule has 0 aliphatic carbocycles. The van der Waals surface area contributed by atoms with Crippen molar-refractivity contribution >= 4 is 11.6 Å². The van der Waals surface area contributed by atoms with E-state index in [1.54, 1.807) is 23.1 Å². The van der Waals surface area contributed by atoms with Gasteiger partial charge in [-0.15, -0.1) is 0 Å². The molecular weight excluding hydrogens is 279 g/mol. The van der Waals surface area contributed by atoms with E-state index in [0.29, 0.717) is 13.1 Å². The van der Waals surface area contributed by atoms with Crippen LogP contribution in [-0.2, 0) is 13.1 Å². The lowest BCUT2D eigenvalue weighted by Crippen LogP contribution is -2.35. The largest absolute Gasteiger partial charge is 0.305 e. The van der Waals surface area contributed by atoms with E-state index in [4.69, 9.17) is 11.6 Å². The highest BCUT2D eigenvalue weighted by Gasteiger charge is 2.10. The first-order valence-electron chi connectivity index (χ1n) is 6.41. The molecule has 1 aromatic carbocycles. The van der Waals surface area contributed by atoms with Crippen LogP contribution in [0.15, 0.2) is 24.5 Å². The number of hydrogen-bond acceptors (Lipinski definition) is 3. The predicted octanol–water partition coefficient (Wildman–Crippen LogP) is 3.01. The Labute approximate surface area is 123 Å². The summed E-state index contributed by atoms with van der Waals surface area (Å²) in [6.07, 6.45) is 1.66. The summed E-state index contributed by atoms with van der Waals surface area (Å²) in [5.41, 5.74) is 0.910. The van der Waals surface area contributed by atoms with E-state index in [1.807, 2.05) is 0 Å². The van der Waals surface area contributed by atoms with Crippen LogP contribution in [0.2, 0.25) is 5.02 Å². The summed E-state index contributed by atoms with van der Waals surface area (Å²) in [6.45, 7) is 7.39. The summed E-state index contributed by atoms with van der Waals surface area (Å²) in [6, 6.07) is 4.65. The van der Waals surface area contributed by atoms with Gasteiger partial charge in [-0.05, 0) is 38.5 Å². The van der Waals surface area contributed by atoms with E-state index >= 15 is 0 Å². The normalized spacial score (nSPS) is 11.8. The number of hydrogen-bond donors (Lipinski definition) is 1. The summed E-state index contributed by atoms with van der Waals surface area (Å²) in [5, 5.41) is 7.81. The molecule has 20 heavy (non-hydrogen) atoms. The molecule has 0 amide bonds. The van der Waals surface area contributed by atoms with Crippen LogP contribution in [0.3, 0.4) is 0 Å². The molecule has 2 rings (SSSR count). The van der Waals surface area contributed by atoms with Gasteiger partial charge in [0.1, 0.15) is 12.1 Å². The van der Waals surface area contributed by atoms with Gasteiger partial charge in [-0.1, -0.05) is 17.7 Å². The van der Waals surface area contributed by atoms with Gasteiger partial charge in [0.25, 0.3) is 0 Å². The van der Waals surface area contributed by atoms with Crippen molar-refractivity contribution in [3.8, 4) is 0 Å². The molecule has 1 aromatic heterocycles. The maximum absolute atomic E-state index is 13.1. The van der Waals surface area contributed by atoms with E-state index < -0.39 is 5.82 Å². The molecule has 0 saturated carbocycles. The Kier molecular flexibility index (Phi) is 4.40. The third-order valence-corrected chi connectivity index (χ3v) is 2.98. The van der Waals surface area contributed by atoms with Crippen LogP contribution in [-0.4, -0.2) is 20.3 Å². The van der Waals surface area contributed by atoms with Crippen LogP contribution in [0.1, 0.15) is 32.2 Å². The molecule has 0 bridgehead atoms. The van der Waals surface area contributed by atoms with Crippen molar-refractivity contribution in [2.45, 2.75) is 39.4 Å². The highest BCUT2D eigenvalue weighted by molar-refractivity contribution is 6.30. The molecule has 0 saturated heterocycles. The minimum Gasteiger partial charge on any atom is -0.305 e. The van der Waals surface area contributed by atoms with Crippen LogP contribution >= 0.6 is 11.6 Å². The van der Waals surface area contributed by atoms with E-state index in [9.17, 15) is 4.39 Å². The van der Waals surface area contributed by atoms with E-state index in [2.05, 4.69) is 36.2 Å². The second-order valence-electron chi connectivity index (χ2n) is 5.71. The van der Waals surface area contributed by atoms with Crippen LogP contribution in [0.4, 0.5) is 4.39 Å². The Morgan fingerprint density at radius 1 is 1.35 bits per heavy atom. The van der Waals surface area contributed by atoms with Gasteiger partial charge in [0.05, 0.1) is 18.1 Å². The second-order valence-corrected chi connectivity index (χ2v) is 6.12. The summed E-state index contributed by atoms with van der Waals surface area (Å²) in [5.74, 6) is 0.317. The lowest BCUT2D eigenvalue weighted by Gasteiger charge is -2.19. The Balaban J connectivity index is 2.00. The fourth-order valence-electron chi connectivity index (χ4n) is 1.66. The minimum atomic E-state index is -0.413. The molecule has 0 spiro atoms. The molecule has 0 aliphatic heterocycles. The number of halogens is 2.